The second kappa shape index (κ2) is 9.18. The molecular formula is C18H21NO9. The van der Waals surface area contributed by atoms with E-state index in [4.69, 9.17) is 24.1 Å². The number of nitrogens with one attached hydrogen (secondary N) is 1. The molecule has 28 heavy (non-hydrogen) atoms. The molecule has 2 N–H and O–H groups in total. The van der Waals surface area contributed by atoms with E-state index in [1.54, 1.807) is 0 Å². The molecule has 0 aromatic heterocycles. The maximum atomic E-state index is 11.6. The Balaban J connectivity index is 2.25. The summed E-state index contributed by atoms with van der Waals surface area (Å²) in [6, 6.07) is 5.80. The third-order valence-corrected chi connectivity index (χ3v) is 3.79. The van der Waals surface area contributed by atoms with Crippen molar-refractivity contribution in [2.45, 2.75) is 45.3 Å². The number of carbonyl (C=O) groups is 4. The molecule has 10 nitrogen and oxygen atoms in total. The van der Waals surface area contributed by atoms with Crippen LogP contribution in [0.1, 0.15) is 31.1 Å². The summed E-state index contributed by atoms with van der Waals surface area (Å²) < 4.78 is 21.3. The van der Waals surface area contributed by atoms with Gasteiger partial charge in [-0.2, -0.15) is 0 Å². The van der Waals surface area contributed by atoms with Crippen molar-refractivity contribution in [1.29, 1.82) is 0 Å². The average molecular weight is 395 g/mol. The van der Waals surface area contributed by atoms with Crippen molar-refractivity contribution in [3.8, 4) is 0 Å². The van der Waals surface area contributed by atoms with Crippen molar-refractivity contribution in [2.75, 3.05) is 11.9 Å². The number of carbonyl (C=O) groups excluding carboxylic acids is 3. The number of hydrogen-bond acceptors (Lipinski definition) is 9. The highest BCUT2D eigenvalue weighted by Crippen LogP contribution is 2.26. The molecule has 152 valence electrons. The second-order valence-corrected chi connectivity index (χ2v) is 6.08. The lowest BCUT2D eigenvalue weighted by Crippen LogP contribution is -2.59. The number of aromatic carboxylic acids is 1. The lowest BCUT2D eigenvalue weighted by molar-refractivity contribution is -0.221. The number of esters is 3. The Morgan fingerprint density at radius 2 is 1.46 bits per heavy atom. The molecule has 1 fully saturated rings. The molecule has 1 aliphatic rings. The van der Waals surface area contributed by atoms with Gasteiger partial charge in [0.1, 0.15) is 0 Å². The summed E-state index contributed by atoms with van der Waals surface area (Å²) in [5.41, 5.74) is 0.582. The van der Waals surface area contributed by atoms with E-state index in [1.165, 1.54) is 45.0 Å². The first-order valence-corrected chi connectivity index (χ1v) is 8.40. The molecule has 4 atom stereocenters. The lowest BCUT2D eigenvalue weighted by atomic mass is 10.0. The van der Waals surface area contributed by atoms with E-state index in [-0.39, 0.29) is 12.2 Å². The fraction of sp³-hybridized carbons (Fsp3) is 0.444. The maximum absolute atomic E-state index is 11.6. The zero-order valence-corrected chi connectivity index (χ0v) is 15.5. The fourth-order valence-electron chi connectivity index (χ4n) is 2.74. The van der Waals surface area contributed by atoms with Crippen LogP contribution in [0.15, 0.2) is 24.3 Å². The van der Waals surface area contributed by atoms with Gasteiger partial charge >= 0.3 is 23.9 Å². The van der Waals surface area contributed by atoms with Gasteiger partial charge in [-0.1, -0.05) is 0 Å². The van der Waals surface area contributed by atoms with Gasteiger partial charge in [0.25, 0.3) is 0 Å². The van der Waals surface area contributed by atoms with E-state index in [1.807, 2.05) is 0 Å². The van der Waals surface area contributed by atoms with Crippen LogP contribution in [-0.4, -0.2) is 60.1 Å². The molecule has 1 heterocycles. The topological polar surface area (TPSA) is 137 Å². The third-order valence-electron chi connectivity index (χ3n) is 3.79. The molecule has 1 saturated heterocycles. The number of hydrogen-bond donors (Lipinski definition) is 2. The Morgan fingerprint density at radius 1 is 0.929 bits per heavy atom. The zero-order valence-electron chi connectivity index (χ0n) is 15.5. The predicted molar refractivity (Wildman–Crippen MR) is 93.4 cm³/mol. The molecule has 0 amide bonds. The van der Waals surface area contributed by atoms with Gasteiger partial charge in [0, 0.05) is 26.5 Å². The number of carboxylic acids is 1. The van der Waals surface area contributed by atoms with E-state index in [2.05, 4.69) is 5.32 Å². The first-order valence-electron chi connectivity index (χ1n) is 8.40. The maximum Gasteiger partial charge on any atom is 0.335 e. The van der Waals surface area contributed by atoms with Crippen molar-refractivity contribution < 1.29 is 43.2 Å². The summed E-state index contributed by atoms with van der Waals surface area (Å²) in [6.45, 7) is 3.44. The summed E-state index contributed by atoms with van der Waals surface area (Å²) in [4.78, 5) is 45.4. The highest BCUT2D eigenvalue weighted by atomic mass is 16.6. The quantitative estimate of drug-likeness (QED) is 0.529. The third kappa shape index (κ3) is 5.68. The van der Waals surface area contributed by atoms with E-state index < -0.39 is 48.4 Å². The smallest absolute Gasteiger partial charge is 0.335 e. The number of rotatable bonds is 6. The van der Waals surface area contributed by atoms with Crippen LogP contribution in [0, 0.1) is 0 Å². The van der Waals surface area contributed by atoms with Crippen LogP contribution in [0.3, 0.4) is 0 Å². The molecule has 1 aromatic rings. The van der Waals surface area contributed by atoms with Crippen LogP contribution in [-0.2, 0) is 33.3 Å². The molecule has 2 rings (SSSR count). The molecule has 0 bridgehead atoms. The standard InChI is InChI=1S/C18H21NO9/c1-9(20)26-14-8-25-17(16(28-11(3)22)15(14)27-10(2)21)19-13-6-4-12(5-7-13)18(23)24/h4-7,14-17,19H,8H2,1-3H3,(H,23,24)/t14-,15-,16+,17+/m1/s1. The normalized spacial score (nSPS) is 24.0. The monoisotopic (exact) mass is 395 g/mol. The minimum atomic E-state index is -1.11. The minimum Gasteiger partial charge on any atom is -0.478 e. The molecule has 0 unspecified atom stereocenters. The molecule has 0 radical (unpaired) electrons. The number of anilines is 1. The van der Waals surface area contributed by atoms with E-state index in [0.717, 1.165) is 0 Å². The molecule has 0 aliphatic carbocycles. The summed E-state index contributed by atoms with van der Waals surface area (Å²) in [7, 11) is 0. The van der Waals surface area contributed by atoms with Crippen LogP contribution in [0.25, 0.3) is 0 Å². The fourth-order valence-corrected chi connectivity index (χ4v) is 2.74. The van der Waals surface area contributed by atoms with Crippen molar-refractivity contribution in [2.24, 2.45) is 0 Å². The largest absolute Gasteiger partial charge is 0.478 e. The van der Waals surface area contributed by atoms with Gasteiger partial charge in [-0.25, -0.2) is 4.79 Å². The highest BCUT2D eigenvalue weighted by molar-refractivity contribution is 5.88. The van der Waals surface area contributed by atoms with Crippen LogP contribution >= 0.6 is 0 Å². The van der Waals surface area contributed by atoms with Gasteiger partial charge in [-0.15, -0.1) is 0 Å². The Kier molecular flexibility index (Phi) is 6.94. The van der Waals surface area contributed by atoms with Crippen molar-refractivity contribution in [3.63, 3.8) is 0 Å². The van der Waals surface area contributed by atoms with Gasteiger partial charge in [0.15, 0.2) is 24.5 Å². The number of benzene rings is 1. The SMILES string of the molecule is CC(=O)O[C@H]1[C@H](OC(C)=O)[C@@H](Nc2ccc(C(=O)O)cc2)OC[C@H]1OC(C)=O. The molecule has 0 spiro atoms. The van der Waals surface area contributed by atoms with Crippen LogP contribution in [0.2, 0.25) is 0 Å². The Bertz CT molecular complexity index is 746. The zero-order chi connectivity index (χ0) is 20.8. The van der Waals surface area contributed by atoms with E-state index in [0.29, 0.717) is 5.69 Å². The van der Waals surface area contributed by atoms with Crippen molar-refractivity contribution in [1.82, 2.24) is 0 Å². The number of carboxylic acid groups (broad SMARTS) is 1. The Morgan fingerprint density at radius 3 is 1.96 bits per heavy atom. The van der Waals surface area contributed by atoms with Gasteiger partial charge in [0.05, 0.1) is 12.2 Å². The van der Waals surface area contributed by atoms with E-state index >= 15 is 0 Å². The van der Waals surface area contributed by atoms with Crippen LogP contribution in [0.4, 0.5) is 5.69 Å². The van der Waals surface area contributed by atoms with E-state index in [9.17, 15) is 19.2 Å². The minimum absolute atomic E-state index is 0.0966. The lowest BCUT2D eigenvalue weighted by Gasteiger charge is -2.40. The summed E-state index contributed by atoms with van der Waals surface area (Å²) >= 11 is 0. The predicted octanol–water partition coefficient (Wildman–Crippen LogP) is 0.948. The second-order valence-electron chi connectivity index (χ2n) is 6.08. The molecule has 1 aromatic carbocycles. The summed E-state index contributed by atoms with van der Waals surface area (Å²) in [6.07, 6.45) is -4.09. The first-order chi connectivity index (χ1) is 13.2. The molecular weight excluding hydrogens is 374 g/mol. The van der Waals surface area contributed by atoms with Crippen LogP contribution < -0.4 is 5.32 Å². The Labute approximate surface area is 160 Å². The molecule has 10 heteroatoms. The molecule has 0 saturated carbocycles. The van der Waals surface area contributed by atoms with Gasteiger partial charge in [-0.05, 0) is 24.3 Å². The average Bonchev–Trinajstić information content (AvgIpc) is 2.59. The number of ether oxygens (including phenoxy) is 4. The summed E-state index contributed by atoms with van der Waals surface area (Å²) in [5, 5.41) is 11.9. The van der Waals surface area contributed by atoms with Gasteiger partial charge in [-0.3, -0.25) is 14.4 Å². The molecule has 1 aliphatic heterocycles. The highest BCUT2D eigenvalue weighted by Gasteiger charge is 2.46. The Hall–Kier alpha value is -3.14. The summed E-state index contributed by atoms with van der Waals surface area (Å²) in [5.74, 6) is -2.98. The van der Waals surface area contributed by atoms with Crippen LogP contribution in [0.5, 0.6) is 0 Å². The van der Waals surface area contributed by atoms with Crippen molar-refractivity contribution >= 4 is 29.6 Å². The van der Waals surface area contributed by atoms with Gasteiger partial charge in [0.2, 0.25) is 0 Å². The van der Waals surface area contributed by atoms with Crippen molar-refractivity contribution in [3.05, 3.63) is 29.8 Å². The van der Waals surface area contributed by atoms with Gasteiger partial charge < -0.3 is 29.4 Å². The first kappa shape index (κ1) is 21.2.